The fourth-order valence-corrected chi connectivity index (χ4v) is 3.53. The maximum atomic E-state index is 12.3. The molecule has 124 valence electrons. The van der Waals surface area contributed by atoms with Crippen LogP contribution in [0, 0.1) is 6.92 Å². The Morgan fingerprint density at radius 2 is 1.79 bits per heavy atom. The second-order valence-electron chi connectivity index (χ2n) is 5.12. The molecular formula is C16H14ClN3O3S. The Kier molecular flexibility index (Phi) is 4.66. The largest absolute Gasteiger partial charge is 0.419 e. The molecule has 0 saturated heterocycles. The molecule has 0 unspecified atom stereocenters. The predicted octanol–water partition coefficient (Wildman–Crippen LogP) is 3.18. The van der Waals surface area contributed by atoms with Gasteiger partial charge in [0, 0.05) is 5.56 Å². The van der Waals surface area contributed by atoms with Crippen molar-refractivity contribution in [3.8, 4) is 11.5 Å². The average molecular weight is 364 g/mol. The minimum atomic E-state index is -3.76. The van der Waals surface area contributed by atoms with Crippen molar-refractivity contribution in [2.24, 2.45) is 0 Å². The van der Waals surface area contributed by atoms with E-state index in [2.05, 4.69) is 14.9 Å². The number of nitrogens with one attached hydrogen (secondary N) is 1. The van der Waals surface area contributed by atoms with E-state index in [9.17, 15) is 8.42 Å². The first-order valence-electron chi connectivity index (χ1n) is 7.09. The van der Waals surface area contributed by atoms with Crippen LogP contribution in [0.3, 0.4) is 0 Å². The molecule has 3 aromatic rings. The summed E-state index contributed by atoms with van der Waals surface area (Å²) in [6.45, 7) is 1.86. The number of nitrogens with zero attached hydrogens (tertiary/aromatic N) is 2. The average Bonchev–Trinajstić information content (AvgIpc) is 3.03. The summed E-state index contributed by atoms with van der Waals surface area (Å²) in [5.41, 5.74) is 1.89. The maximum absolute atomic E-state index is 12.3. The Labute approximate surface area is 144 Å². The van der Waals surface area contributed by atoms with Crippen molar-refractivity contribution in [2.75, 3.05) is 0 Å². The smallest absolute Gasteiger partial charge is 0.247 e. The summed E-state index contributed by atoms with van der Waals surface area (Å²) in [6, 6.07) is 13.8. The van der Waals surface area contributed by atoms with E-state index in [1.807, 2.05) is 31.2 Å². The van der Waals surface area contributed by atoms with Gasteiger partial charge in [-0.1, -0.05) is 41.4 Å². The minimum Gasteiger partial charge on any atom is -0.419 e. The molecule has 0 atom stereocenters. The van der Waals surface area contributed by atoms with E-state index < -0.39 is 10.0 Å². The van der Waals surface area contributed by atoms with Crippen molar-refractivity contribution in [2.45, 2.75) is 18.4 Å². The number of hydrogen-bond donors (Lipinski definition) is 1. The highest BCUT2D eigenvalue weighted by molar-refractivity contribution is 7.89. The Morgan fingerprint density at radius 1 is 1.08 bits per heavy atom. The third kappa shape index (κ3) is 3.64. The van der Waals surface area contributed by atoms with Gasteiger partial charge in [0.25, 0.3) is 0 Å². The van der Waals surface area contributed by atoms with Crippen molar-refractivity contribution in [1.29, 1.82) is 0 Å². The van der Waals surface area contributed by atoms with E-state index in [0.29, 0.717) is 5.89 Å². The Hall–Kier alpha value is -2.22. The molecule has 0 bridgehead atoms. The molecule has 3 rings (SSSR count). The van der Waals surface area contributed by atoms with Gasteiger partial charge in [-0.15, -0.1) is 10.2 Å². The highest BCUT2D eigenvalue weighted by atomic mass is 35.5. The SMILES string of the molecule is Cc1ccc(-c2nnc(CNS(=O)(=O)c3ccccc3Cl)o2)cc1. The molecule has 2 aromatic carbocycles. The minimum absolute atomic E-state index is 0.00457. The van der Waals surface area contributed by atoms with Gasteiger partial charge >= 0.3 is 0 Å². The second-order valence-corrected chi connectivity index (χ2v) is 7.26. The maximum Gasteiger partial charge on any atom is 0.247 e. The van der Waals surface area contributed by atoms with Gasteiger partial charge in [0.1, 0.15) is 4.90 Å². The highest BCUT2D eigenvalue weighted by Crippen LogP contribution is 2.21. The second kappa shape index (κ2) is 6.72. The van der Waals surface area contributed by atoms with E-state index in [0.717, 1.165) is 11.1 Å². The van der Waals surface area contributed by atoms with E-state index in [-0.39, 0.29) is 22.4 Å². The molecule has 0 aliphatic heterocycles. The first-order valence-corrected chi connectivity index (χ1v) is 8.95. The van der Waals surface area contributed by atoms with Crippen LogP contribution in [0.5, 0.6) is 0 Å². The molecule has 1 N–H and O–H groups in total. The zero-order valence-corrected chi connectivity index (χ0v) is 14.3. The van der Waals surface area contributed by atoms with Crippen molar-refractivity contribution in [1.82, 2.24) is 14.9 Å². The van der Waals surface area contributed by atoms with Crippen molar-refractivity contribution in [3.05, 3.63) is 65.0 Å². The normalized spacial score (nSPS) is 11.6. The van der Waals surface area contributed by atoms with Crippen LogP contribution in [0.25, 0.3) is 11.5 Å². The van der Waals surface area contributed by atoms with Crippen LogP contribution in [0.1, 0.15) is 11.5 Å². The summed E-state index contributed by atoms with van der Waals surface area (Å²) in [7, 11) is -3.76. The highest BCUT2D eigenvalue weighted by Gasteiger charge is 2.18. The fraction of sp³-hybridized carbons (Fsp3) is 0.125. The van der Waals surface area contributed by atoms with Crippen molar-refractivity contribution in [3.63, 3.8) is 0 Å². The Morgan fingerprint density at radius 3 is 2.50 bits per heavy atom. The van der Waals surface area contributed by atoms with Gasteiger partial charge in [0.2, 0.25) is 21.8 Å². The Bertz CT molecular complexity index is 953. The third-order valence-corrected chi connectivity index (χ3v) is 5.21. The van der Waals surface area contributed by atoms with E-state index in [4.69, 9.17) is 16.0 Å². The van der Waals surface area contributed by atoms with Gasteiger partial charge in [-0.05, 0) is 31.2 Å². The van der Waals surface area contributed by atoms with E-state index in [1.54, 1.807) is 12.1 Å². The summed E-state index contributed by atoms with van der Waals surface area (Å²) in [4.78, 5) is 0.00457. The summed E-state index contributed by atoms with van der Waals surface area (Å²) in [6.07, 6.45) is 0. The summed E-state index contributed by atoms with van der Waals surface area (Å²) >= 11 is 5.92. The lowest BCUT2D eigenvalue weighted by atomic mass is 10.1. The fourth-order valence-electron chi connectivity index (χ4n) is 2.04. The molecule has 8 heteroatoms. The first kappa shape index (κ1) is 16.6. The number of hydrogen-bond acceptors (Lipinski definition) is 5. The van der Waals surface area contributed by atoms with Crippen LogP contribution in [-0.2, 0) is 16.6 Å². The van der Waals surface area contributed by atoms with Gasteiger partial charge in [-0.25, -0.2) is 13.1 Å². The van der Waals surface area contributed by atoms with Crippen molar-refractivity contribution >= 4 is 21.6 Å². The van der Waals surface area contributed by atoms with Crippen LogP contribution in [0.2, 0.25) is 5.02 Å². The number of aromatic nitrogens is 2. The number of halogens is 1. The first-order chi connectivity index (χ1) is 11.5. The molecule has 0 fully saturated rings. The van der Waals surface area contributed by atoms with E-state index in [1.165, 1.54) is 12.1 Å². The number of rotatable bonds is 5. The monoisotopic (exact) mass is 363 g/mol. The molecule has 6 nitrogen and oxygen atoms in total. The third-order valence-electron chi connectivity index (χ3n) is 3.30. The molecule has 1 aromatic heterocycles. The van der Waals surface area contributed by atoms with Gasteiger partial charge in [-0.3, -0.25) is 0 Å². The summed E-state index contributed by atoms with van der Waals surface area (Å²) in [5.74, 6) is 0.503. The van der Waals surface area contributed by atoms with E-state index >= 15 is 0 Å². The van der Waals surface area contributed by atoms with Crippen LogP contribution in [0.4, 0.5) is 0 Å². The molecule has 0 aliphatic carbocycles. The Balaban J connectivity index is 1.74. The molecule has 0 amide bonds. The standard InChI is InChI=1S/C16H14ClN3O3S/c1-11-6-8-12(9-7-11)16-20-19-15(23-16)10-18-24(21,22)14-5-3-2-4-13(14)17/h2-9,18H,10H2,1H3. The topological polar surface area (TPSA) is 85.1 Å². The predicted molar refractivity (Wildman–Crippen MR) is 89.9 cm³/mol. The molecular weight excluding hydrogens is 350 g/mol. The van der Waals surface area contributed by atoms with Crippen molar-refractivity contribution < 1.29 is 12.8 Å². The zero-order valence-electron chi connectivity index (χ0n) is 12.7. The van der Waals surface area contributed by atoms with Gasteiger partial charge in [-0.2, -0.15) is 0 Å². The van der Waals surface area contributed by atoms with Crippen LogP contribution in [-0.4, -0.2) is 18.6 Å². The van der Waals surface area contributed by atoms with Crippen LogP contribution < -0.4 is 4.72 Å². The quantitative estimate of drug-likeness (QED) is 0.752. The molecule has 1 heterocycles. The molecule has 0 saturated carbocycles. The number of sulfonamides is 1. The zero-order chi connectivity index (χ0) is 17.2. The van der Waals surface area contributed by atoms with Crippen LogP contribution in [0.15, 0.2) is 57.8 Å². The summed E-state index contributed by atoms with van der Waals surface area (Å²) < 4.78 is 32.4. The summed E-state index contributed by atoms with van der Waals surface area (Å²) in [5, 5.41) is 7.94. The van der Waals surface area contributed by atoms with Gasteiger partial charge in [0.15, 0.2) is 0 Å². The number of aryl methyl sites for hydroxylation is 1. The molecule has 0 radical (unpaired) electrons. The van der Waals surface area contributed by atoms with Gasteiger partial charge < -0.3 is 4.42 Å². The molecule has 24 heavy (non-hydrogen) atoms. The lowest BCUT2D eigenvalue weighted by Gasteiger charge is -2.06. The lowest BCUT2D eigenvalue weighted by Crippen LogP contribution is -2.23. The van der Waals surface area contributed by atoms with Gasteiger partial charge in [0.05, 0.1) is 11.6 Å². The number of benzene rings is 2. The molecule has 0 spiro atoms. The molecule has 0 aliphatic rings. The van der Waals surface area contributed by atoms with Crippen LogP contribution >= 0.6 is 11.6 Å². The lowest BCUT2D eigenvalue weighted by molar-refractivity contribution is 0.494.